The molecule has 1 atom stereocenters. The Morgan fingerprint density at radius 2 is 2.33 bits per heavy atom. The Bertz CT molecular complexity index is 289. The summed E-state index contributed by atoms with van der Waals surface area (Å²) in [6.45, 7) is 1.82. The average Bonchev–Trinajstić information content (AvgIpc) is 2.59. The van der Waals surface area contributed by atoms with Gasteiger partial charge in [0, 0.05) is 33.6 Å². The molecule has 1 aromatic heterocycles. The molecule has 1 unspecified atom stereocenters. The van der Waals surface area contributed by atoms with Crippen LogP contribution in [0.4, 0.5) is 0 Å². The Labute approximate surface area is 108 Å². The van der Waals surface area contributed by atoms with Gasteiger partial charge in [0.2, 0.25) is 0 Å². The van der Waals surface area contributed by atoms with Crippen LogP contribution in [-0.4, -0.2) is 37.8 Å². The summed E-state index contributed by atoms with van der Waals surface area (Å²) in [6.07, 6.45) is 0. The summed E-state index contributed by atoms with van der Waals surface area (Å²) in [5, 5.41) is 2.56. The Hall–Kier alpha value is 0.450. The number of thioether (sulfide) groups is 1. The highest BCUT2D eigenvalue weighted by atomic mass is 79.9. The summed E-state index contributed by atoms with van der Waals surface area (Å²) in [4.78, 5) is 3.57. The first-order valence-corrected chi connectivity index (χ1v) is 7.56. The minimum atomic E-state index is 0.446. The first kappa shape index (κ1) is 13.5. The fourth-order valence-corrected chi connectivity index (χ4v) is 4.07. The molecule has 0 aliphatic carbocycles. The van der Waals surface area contributed by atoms with Crippen LogP contribution >= 0.6 is 39.0 Å². The van der Waals surface area contributed by atoms with Crippen LogP contribution < -0.4 is 5.73 Å². The van der Waals surface area contributed by atoms with Gasteiger partial charge in [0.25, 0.3) is 0 Å². The van der Waals surface area contributed by atoms with E-state index in [9.17, 15) is 0 Å². The molecule has 0 fully saturated rings. The van der Waals surface area contributed by atoms with Crippen molar-refractivity contribution in [2.75, 3.05) is 32.9 Å². The van der Waals surface area contributed by atoms with Crippen molar-refractivity contribution < 1.29 is 0 Å². The van der Waals surface area contributed by atoms with Gasteiger partial charge in [0.05, 0.1) is 5.25 Å². The molecule has 1 rings (SSSR count). The largest absolute Gasteiger partial charge is 0.329 e. The van der Waals surface area contributed by atoms with Gasteiger partial charge in [-0.2, -0.15) is 11.8 Å². The Morgan fingerprint density at radius 3 is 2.80 bits per heavy atom. The predicted molar refractivity (Wildman–Crippen MR) is 74.8 cm³/mol. The molecule has 0 saturated carbocycles. The molecule has 0 aromatic carbocycles. The van der Waals surface area contributed by atoms with Gasteiger partial charge in [-0.1, -0.05) is 0 Å². The topological polar surface area (TPSA) is 29.3 Å². The van der Waals surface area contributed by atoms with E-state index in [-0.39, 0.29) is 0 Å². The van der Waals surface area contributed by atoms with Crippen molar-refractivity contribution in [1.29, 1.82) is 0 Å². The van der Waals surface area contributed by atoms with Crippen LogP contribution in [-0.2, 0) is 0 Å². The van der Waals surface area contributed by atoms with Crippen molar-refractivity contribution in [2.24, 2.45) is 5.73 Å². The van der Waals surface area contributed by atoms with Crippen molar-refractivity contribution in [3.63, 3.8) is 0 Å². The molecule has 15 heavy (non-hydrogen) atoms. The zero-order valence-electron chi connectivity index (χ0n) is 9.07. The van der Waals surface area contributed by atoms with E-state index < -0.39 is 0 Å². The molecule has 0 bridgehead atoms. The van der Waals surface area contributed by atoms with Crippen molar-refractivity contribution >= 4 is 39.0 Å². The molecule has 1 aromatic rings. The fourth-order valence-electron chi connectivity index (χ4n) is 1.14. The van der Waals surface area contributed by atoms with E-state index in [1.165, 1.54) is 4.88 Å². The maximum Gasteiger partial charge on any atom is 0.0514 e. The molecule has 2 N–H and O–H groups in total. The van der Waals surface area contributed by atoms with Crippen molar-refractivity contribution in [3.8, 4) is 0 Å². The van der Waals surface area contributed by atoms with Gasteiger partial charge in [0.1, 0.15) is 0 Å². The summed E-state index contributed by atoms with van der Waals surface area (Å²) in [6, 6.07) is 2.17. The lowest BCUT2D eigenvalue weighted by Crippen LogP contribution is -2.17. The molecule has 5 heteroatoms. The first-order valence-electron chi connectivity index (χ1n) is 4.84. The number of nitrogens with zero attached hydrogens (tertiary/aromatic N) is 1. The SMILES string of the molecule is CN(C)CCSC(CN)c1cc(Br)cs1. The van der Waals surface area contributed by atoms with E-state index in [1.54, 1.807) is 11.3 Å². The number of rotatable bonds is 6. The number of hydrogen-bond donors (Lipinski definition) is 1. The molecule has 0 aliphatic heterocycles. The smallest absolute Gasteiger partial charge is 0.0514 e. The standard InChI is InChI=1S/C10H17BrN2S2/c1-13(2)3-4-14-10(6-12)9-5-8(11)7-15-9/h5,7,10H,3-4,6,12H2,1-2H3. The van der Waals surface area contributed by atoms with Crippen LogP contribution in [0.25, 0.3) is 0 Å². The zero-order valence-corrected chi connectivity index (χ0v) is 12.3. The summed E-state index contributed by atoms with van der Waals surface area (Å²) >= 11 is 7.19. The summed E-state index contributed by atoms with van der Waals surface area (Å²) < 4.78 is 1.16. The van der Waals surface area contributed by atoms with Gasteiger partial charge in [-0.15, -0.1) is 11.3 Å². The van der Waals surface area contributed by atoms with Gasteiger partial charge < -0.3 is 10.6 Å². The summed E-state index contributed by atoms with van der Waals surface area (Å²) in [7, 11) is 4.19. The normalized spacial score (nSPS) is 13.4. The van der Waals surface area contributed by atoms with Gasteiger partial charge in [-0.05, 0) is 36.1 Å². The Kier molecular flexibility index (Phi) is 6.23. The van der Waals surface area contributed by atoms with E-state index in [0.717, 1.165) is 16.8 Å². The third-order valence-electron chi connectivity index (χ3n) is 1.98. The minimum absolute atomic E-state index is 0.446. The van der Waals surface area contributed by atoms with E-state index >= 15 is 0 Å². The molecule has 0 radical (unpaired) electrons. The van der Waals surface area contributed by atoms with Gasteiger partial charge >= 0.3 is 0 Å². The van der Waals surface area contributed by atoms with Crippen LogP contribution in [0.2, 0.25) is 0 Å². The monoisotopic (exact) mass is 308 g/mol. The molecule has 1 heterocycles. The maximum atomic E-state index is 5.79. The molecular formula is C10H17BrN2S2. The predicted octanol–water partition coefficient (Wildman–Crippen LogP) is 2.81. The molecule has 0 amide bonds. The fraction of sp³-hybridized carbons (Fsp3) is 0.600. The Morgan fingerprint density at radius 1 is 1.60 bits per heavy atom. The molecule has 86 valence electrons. The maximum absolute atomic E-state index is 5.79. The van der Waals surface area contributed by atoms with Crippen LogP contribution in [0.5, 0.6) is 0 Å². The van der Waals surface area contributed by atoms with Gasteiger partial charge in [-0.25, -0.2) is 0 Å². The molecule has 0 spiro atoms. The lowest BCUT2D eigenvalue weighted by molar-refractivity contribution is 0.437. The number of nitrogens with two attached hydrogens (primary N) is 1. The molecule has 2 nitrogen and oxygen atoms in total. The second kappa shape index (κ2) is 6.91. The molecule has 0 saturated heterocycles. The van der Waals surface area contributed by atoms with E-state index in [0.29, 0.717) is 11.8 Å². The highest BCUT2D eigenvalue weighted by molar-refractivity contribution is 9.10. The first-order chi connectivity index (χ1) is 7.13. The quantitative estimate of drug-likeness (QED) is 0.876. The minimum Gasteiger partial charge on any atom is -0.329 e. The molecular weight excluding hydrogens is 292 g/mol. The molecule has 0 aliphatic rings. The van der Waals surface area contributed by atoms with Crippen molar-refractivity contribution in [2.45, 2.75) is 5.25 Å². The number of thiophene rings is 1. The highest BCUT2D eigenvalue weighted by Crippen LogP contribution is 2.33. The third kappa shape index (κ3) is 4.87. The Balaban J connectivity index is 2.42. The zero-order chi connectivity index (χ0) is 11.3. The van der Waals surface area contributed by atoms with E-state index in [2.05, 4.69) is 46.4 Å². The lowest BCUT2D eigenvalue weighted by Gasteiger charge is -2.14. The second-order valence-electron chi connectivity index (χ2n) is 3.57. The van der Waals surface area contributed by atoms with Crippen LogP contribution in [0, 0.1) is 0 Å². The van der Waals surface area contributed by atoms with Crippen LogP contribution in [0.3, 0.4) is 0 Å². The average molecular weight is 309 g/mol. The summed E-state index contributed by atoms with van der Waals surface area (Å²) in [5.41, 5.74) is 5.79. The summed E-state index contributed by atoms with van der Waals surface area (Å²) in [5.74, 6) is 1.13. The van der Waals surface area contributed by atoms with E-state index in [4.69, 9.17) is 5.73 Å². The lowest BCUT2D eigenvalue weighted by atomic mass is 10.3. The van der Waals surface area contributed by atoms with Crippen LogP contribution in [0.1, 0.15) is 10.1 Å². The van der Waals surface area contributed by atoms with Crippen LogP contribution in [0.15, 0.2) is 15.9 Å². The van der Waals surface area contributed by atoms with Crippen molar-refractivity contribution in [1.82, 2.24) is 4.90 Å². The van der Waals surface area contributed by atoms with Gasteiger partial charge in [0.15, 0.2) is 0 Å². The number of hydrogen-bond acceptors (Lipinski definition) is 4. The van der Waals surface area contributed by atoms with Crippen molar-refractivity contribution in [3.05, 3.63) is 20.8 Å². The number of halogens is 1. The van der Waals surface area contributed by atoms with E-state index in [1.807, 2.05) is 11.8 Å². The van der Waals surface area contributed by atoms with Gasteiger partial charge in [-0.3, -0.25) is 0 Å². The second-order valence-corrected chi connectivity index (χ2v) is 6.73. The third-order valence-corrected chi connectivity index (χ3v) is 5.20. The highest BCUT2D eigenvalue weighted by Gasteiger charge is 2.12.